The van der Waals surface area contributed by atoms with Crippen molar-refractivity contribution in [3.8, 4) is 11.1 Å². The van der Waals surface area contributed by atoms with Gasteiger partial charge >= 0.3 is 6.18 Å². The van der Waals surface area contributed by atoms with Crippen LogP contribution in [0.1, 0.15) is 32.0 Å². The standard InChI is InChI=1S/C14H14F3NO/c1-13(2,3)12-6-11(14(15,16)17)10(7-18-12)9-4-5-19-8-9/h4-8H,1-3H3. The molecule has 0 fully saturated rings. The first-order chi connectivity index (χ1) is 8.69. The summed E-state index contributed by atoms with van der Waals surface area (Å²) in [6.07, 6.45) is -0.542. The molecule has 0 radical (unpaired) electrons. The average Bonchev–Trinajstić information content (AvgIpc) is 2.79. The molecule has 19 heavy (non-hydrogen) atoms. The van der Waals surface area contributed by atoms with E-state index in [1.54, 1.807) is 0 Å². The smallest absolute Gasteiger partial charge is 0.417 e. The summed E-state index contributed by atoms with van der Waals surface area (Å²) in [6, 6.07) is 2.60. The predicted octanol–water partition coefficient (Wildman–Crippen LogP) is 4.66. The predicted molar refractivity (Wildman–Crippen MR) is 65.6 cm³/mol. The number of furan rings is 1. The lowest BCUT2D eigenvalue weighted by atomic mass is 9.89. The van der Waals surface area contributed by atoms with Gasteiger partial charge in [0.1, 0.15) is 0 Å². The topological polar surface area (TPSA) is 26.0 Å². The van der Waals surface area contributed by atoms with E-state index in [4.69, 9.17) is 4.42 Å². The molecule has 0 bridgehead atoms. The zero-order chi connectivity index (χ0) is 14.3. The fourth-order valence-corrected chi connectivity index (χ4v) is 1.75. The van der Waals surface area contributed by atoms with E-state index in [1.807, 2.05) is 20.8 Å². The Bertz CT molecular complexity index is 565. The number of halogens is 3. The van der Waals surface area contributed by atoms with Crippen LogP contribution >= 0.6 is 0 Å². The van der Waals surface area contributed by atoms with Gasteiger partial charge in [-0.25, -0.2) is 0 Å². The van der Waals surface area contributed by atoms with Gasteiger partial charge in [0.05, 0.1) is 18.1 Å². The van der Waals surface area contributed by atoms with Crippen molar-refractivity contribution in [3.63, 3.8) is 0 Å². The summed E-state index contributed by atoms with van der Waals surface area (Å²) in [7, 11) is 0. The van der Waals surface area contributed by atoms with Crippen molar-refractivity contribution in [2.24, 2.45) is 0 Å². The SMILES string of the molecule is CC(C)(C)c1cc(C(F)(F)F)c(-c2ccoc2)cn1. The fourth-order valence-electron chi connectivity index (χ4n) is 1.75. The minimum absolute atomic E-state index is 0.0363. The first-order valence-corrected chi connectivity index (χ1v) is 5.80. The molecule has 2 aromatic heterocycles. The minimum Gasteiger partial charge on any atom is -0.472 e. The molecule has 0 amide bonds. The number of rotatable bonds is 1. The van der Waals surface area contributed by atoms with Crippen LogP contribution in [0.4, 0.5) is 13.2 Å². The molecule has 0 unspecified atom stereocenters. The summed E-state index contributed by atoms with van der Waals surface area (Å²) in [5.41, 5.74) is -0.301. The lowest BCUT2D eigenvalue weighted by Gasteiger charge is -2.20. The summed E-state index contributed by atoms with van der Waals surface area (Å²) in [6.45, 7) is 5.48. The van der Waals surface area contributed by atoms with Gasteiger partial charge in [-0.2, -0.15) is 13.2 Å². The molecule has 0 saturated heterocycles. The highest BCUT2D eigenvalue weighted by atomic mass is 19.4. The molecule has 0 saturated carbocycles. The highest BCUT2D eigenvalue weighted by Gasteiger charge is 2.35. The monoisotopic (exact) mass is 269 g/mol. The van der Waals surface area contributed by atoms with Gasteiger partial charge in [-0.15, -0.1) is 0 Å². The zero-order valence-corrected chi connectivity index (χ0v) is 10.9. The number of pyridine rings is 1. The number of hydrogen-bond donors (Lipinski definition) is 0. The zero-order valence-electron chi connectivity index (χ0n) is 10.9. The van der Waals surface area contributed by atoms with E-state index in [0.717, 1.165) is 6.07 Å². The molecule has 2 heterocycles. The molecule has 0 aliphatic rings. The van der Waals surface area contributed by atoms with Gasteiger partial charge < -0.3 is 4.42 Å². The van der Waals surface area contributed by atoms with Crippen LogP contribution in [-0.2, 0) is 11.6 Å². The van der Waals surface area contributed by atoms with Gasteiger partial charge in [0.15, 0.2) is 0 Å². The summed E-state index contributed by atoms with van der Waals surface area (Å²) >= 11 is 0. The summed E-state index contributed by atoms with van der Waals surface area (Å²) in [5.74, 6) is 0. The van der Waals surface area contributed by atoms with Gasteiger partial charge in [-0.05, 0) is 12.1 Å². The van der Waals surface area contributed by atoms with Crippen molar-refractivity contribution >= 4 is 0 Å². The van der Waals surface area contributed by atoms with E-state index < -0.39 is 17.2 Å². The third kappa shape index (κ3) is 2.80. The molecule has 0 aliphatic heterocycles. The third-order valence-electron chi connectivity index (χ3n) is 2.81. The second-order valence-corrected chi connectivity index (χ2v) is 5.37. The van der Waals surface area contributed by atoms with Crippen LogP contribution in [0.5, 0.6) is 0 Å². The maximum absolute atomic E-state index is 13.2. The number of aromatic nitrogens is 1. The third-order valence-corrected chi connectivity index (χ3v) is 2.81. The Morgan fingerprint density at radius 1 is 1.16 bits per heavy atom. The van der Waals surface area contributed by atoms with E-state index in [0.29, 0.717) is 11.3 Å². The summed E-state index contributed by atoms with van der Waals surface area (Å²) < 4.78 is 44.3. The molecule has 0 aliphatic carbocycles. The highest BCUT2D eigenvalue weighted by Crippen LogP contribution is 2.38. The lowest BCUT2D eigenvalue weighted by Crippen LogP contribution is -2.17. The van der Waals surface area contributed by atoms with Gasteiger partial charge in [0.2, 0.25) is 0 Å². The average molecular weight is 269 g/mol. The number of nitrogens with zero attached hydrogens (tertiary/aromatic N) is 1. The van der Waals surface area contributed by atoms with Crippen molar-refractivity contribution in [3.05, 3.63) is 42.1 Å². The van der Waals surface area contributed by atoms with Crippen LogP contribution in [0.2, 0.25) is 0 Å². The van der Waals surface area contributed by atoms with Gasteiger partial charge in [0.25, 0.3) is 0 Å². The molecule has 2 rings (SSSR count). The van der Waals surface area contributed by atoms with E-state index in [2.05, 4.69) is 4.98 Å². The van der Waals surface area contributed by atoms with E-state index in [-0.39, 0.29) is 5.56 Å². The Kier molecular flexibility index (Phi) is 3.16. The van der Waals surface area contributed by atoms with E-state index in [1.165, 1.54) is 24.8 Å². The normalized spacial score (nSPS) is 12.7. The van der Waals surface area contributed by atoms with Crippen molar-refractivity contribution in [1.82, 2.24) is 4.98 Å². The lowest BCUT2D eigenvalue weighted by molar-refractivity contribution is -0.137. The van der Waals surface area contributed by atoms with Crippen molar-refractivity contribution in [1.29, 1.82) is 0 Å². The molecule has 102 valence electrons. The van der Waals surface area contributed by atoms with Gasteiger partial charge in [-0.1, -0.05) is 20.8 Å². The van der Waals surface area contributed by atoms with Gasteiger partial charge in [0, 0.05) is 28.4 Å². The Morgan fingerprint density at radius 3 is 2.32 bits per heavy atom. The second-order valence-electron chi connectivity index (χ2n) is 5.37. The first-order valence-electron chi connectivity index (χ1n) is 5.80. The molecule has 0 atom stereocenters. The van der Waals surface area contributed by atoms with Crippen LogP contribution in [0.25, 0.3) is 11.1 Å². The van der Waals surface area contributed by atoms with Gasteiger partial charge in [-0.3, -0.25) is 4.98 Å². The largest absolute Gasteiger partial charge is 0.472 e. The van der Waals surface area contributed by atoms with Crippen LogP contribution in [0, 0.1) is 0 Å². The Morgan fingerprint density at radius 2 is 1.84 bits per heavy atom. The van der Waals surface area contributed by atoms with Crippen LogP contribution in [0.15, 0.2) is 35.3 Å². The highest BCUT2D eigenvalue weighted by molar-refractivity contribution is 5.66. The van der Waals surface area contributed by atoms with Crippen molar-refractivity contribution in [2.45, 2.75) is 32.4 Å². The van der Waals surface area contributed by atoms with Crippen molar-refractivity contribution < 1.29 is 17.6 Å². The Labute approximate surface area is 109 Å². The number of hydrogen-bond acceptors (Lipinski definition) is 2. The molecule has 5 heteroatoms. The maximum atomic E-state index is 13.2. The Hall–Kier alpha value is -1.78. The molecule has 0 spiro atoms. The fraction of sp³-hybridized carbons (Fsp3) is 0.357. The van der Waals surface area contributed by atoms with Crippen LogP contribution < -0.4 is 0 Å². The minimum atomic E-state index is -4.42. The number of alkyl halides is 3. The molecule has 2 nitrogen and oxygen atoms in total. The molecule has 0 aromatic carbocycles. The van der Waals surface area contributed by atoms with E-state index in [9.17, 15) is 13.2 Å². The van der Waals surface area contributed by atoms with Crippen molar-refractivity contribution in [2.75, 3.05) is 0 Å². The first kappa shape index (κ1) is 13.6. The summed E-state index contributed by atoms with van der Waals surface area (Å²) in [5, 5.41) is 0. The molecule has 0 N–H and O–H groups in total. The molecular weight excluding hydrogens is 255 g/mol. The Balaban J connectivity index is 2.63. The summed E-state index contributed by atoms with van der Waals surface area (Å²) in [4.78, 5) is 4.14. The quantitative estimate of drug-likeness (QED) is 0.752. The van der Waals surface area contributed by atoms with E-state index >= 15 is 0 Å². The second kappa shape index (κ2) is 4.40. The molecular formula is C14H14F3NO. The van der Waals surface area contributed by atoms with Crippen LogP contribution in [-0.4, -0.2) is 4.98 Å². The maximum Gasteiger partial charge on any atom is 0.417 e. The van der Waals surface area contributed by atoms with Crippen LogP contribution in [0.3, 0.4) is 0 Å². The molecule has 2 aromatic rings.